The molecule has 0 N–H and O–H groups in total. The second kappa shape index (κ2) is 27.2. The smallest absolute Gasteiger partial charge is 0.252 e. The lowest BCUT2D eigenvalue weighted by Gasteiger charge is -2.46. The zero-order valence-corrected chi connectivity index (χ0v) is 66.0. The van der Waals surface area contributed by atoms with E-state index in [2.05, 4.69) is 456 Å². The van der Waals surface area contributed by atoms with Gasteiger partial charge in [-0.2, -0.15) is 0 Å². The number of nitrogens with zero attached hydrogens (tertiary/aromatic N) is 5. The summed E-state index contributed by atoms with van der Waals surface area (Å²) in [4.78, 5) is 7.84. The van der Waals surface area contributed by atoms with Crippen molar-refractivity contribution in [1.29, 1.82) is 0 Å². The Labute approximate surface area is 669 Å². The topological polar surface area (TPSA) is 19.6 Å². The van der Waals surface area contributed by atoms with E-state index >= 15 is 0 Å². The van der Waals surface area contributed by atoms with Crippen molar-refractivity contribution in [3.8, 4) is 67.0 Å². The highest BCUT2D eigenvalue weighted by Crippen LogP contribution is 2.55. The first-order chi connectivity index (χ1) is 55.4. The van der Waals surface area contributed by atoms with Crippen molar-refractivity contribution in [1.82, 2.24) is 9.13 Å². The van der Waals surface area contributed by atoms with Crippen LogP contribution in [-0.4, -0.2) is 15.8 Å². The lowest BCUT2D eigenvalue weighted by molar-refractivity contribution is 0.590. The highest BCUT2D eigenvalue weighted by atomic mass is 15.2. The first kappa shape index (κ1) is 69.8. The van der Waals surface area contributed by atoms with Gasteiger partial charge < -0.3 is 23.8 Å². The van der Waals surface area contributed by atoms with Crippen molar-refractivity contribution in [3.63, 3.8) is 0 Å². The normalized spacial score (nSPS) is 12.7. The van der Waals surface area contributed by atoms with E-state index in [0.29, 0.717) is 0 Å². The van der Waals surface area contributed by atoms with Crippen LogP contribution in [0.25, 0.3) is 111 Å². The second-order valence-corrected chi connectivity index (χ2v) is 34.1. The third-order valence-corrected chi connectivity index (χ3v) is 23.9. The Bertz CT molecular complexity index is 6520. The summed E-state index contributed by atoms with van der Waals surface area (Å²) < 4.78 is 5.01. The molecule has 114 heavy (non-hydrogen) atoms. The van der Waals surface area contributed by atoms with E-state index in [1.807, 2.05) is 0 Å². The maximum absolute atomic E-state index is 2.73. The molecule has 0 spiro atoms. The van der Waals surface area contributed by atoms with Gasteiger partial charge in [0.2, 0.25) is 0 Å². The predicted octanol–water partition coefficient (Wildman–Crippen LogP) is 27.7. The highest BCUT2D eigenvalue weighted by Gasteiger charge is 2.46. The van der Waals surface area contributed by atoms with Crippen molar-refractivity contribution in [3.05, 3.63) is 387 Å². The molecule has 548 valence electrons. The van der Waals surface area contributed by atoms with Crippen LogP contribution in [0.1, 0.15) is 79.0 Å². The van der Waals surface area contributed by atoms with Crippen LogP contribution in [0.2, 0.25) is 0 Å². The number of hydrogen-bond donors (Lipinski definition) is 0. The quantitative estimate of drug-likeness (QED) is 0.114. The number of aromatic nitrogens is 2. The molecule has 0 saturated carbocycles. The second-order valence-electron chi connectivity index (χ2n) is 34.1. The maximum atomic E-state index is 2.73. The van der Waals surface area contributed by atoms with Gasteiger partial charge in [0.1, 0.15) is 0 Å². The number of rotatable bonds is 12. The van der Waals surface area contributed by atoms with Crippen molar-refractivity contribution in [2.45, 2.75) is 78.6 Å². The van der Waals surface area contributed by atoms with Gasteiger partial charge in [-0.05, 0) is 227 Å². The standard InChI is InChI=1S/C108H88BN5/c1-106(2,3)79-49-58-98-92(64-79)93-65-80(107(4,5)6)50-59-99(93)112(98)87-69-102-104-103(70-87)114(105-90(74-38-22-13-23-39-74)66-81(108(7,8)9)67-91(105)75-40-24-14-25-41-75)101-68-85(110(82-42-26-15-27-43-82)83-51-53-84(54-52-83)111-96-46-30-28-44-88(96)89-45-29-31-47-97(89)111)55-57-95(101)109(104)94-56-48-76(71-32-16-10-17-33-71)63-100(94)113(102)86-61-77(72-34-18-11-19-35-72)60-78(62-86)73-36-20-12-21-37-73/h10-70H,1-9H3. The summed E-state index contributed by atoms with van der Waals surface area (Å²) >= 11 is 0. The third kappa shape index (κ3) is 11.9. The molecule has 0 saturated heterocycles. The third-order valence-electron chi connectivity index (χ3n) is 23.9. The van der Waals surface area contributed by atoms with E-state index < -0.39 is 0 Å². The number of fused-ring (bicyclic) bond motifs is 10. The van der Waals surface area contributed by atoms with Crippen molar-refractivity contribution in [2.75, 3.05) is 14.7 Å². The summed E-state index contributed by atoms with van der Waals surface area (Å²) in [6, 6.07) is 140. The van der Waals surface area contributed by atoms with Crippen LogP contribution in [0.4, 0.5) is 51.2 Å². The molecular weight excluding hydrogens is 1380 g/mol. The number of anilines is 9. The van der Waals surface area contributed by atoms with Crippen LogP contribution in [0.15, 0.2) is 370 Å². The molecule has 0 atom stereocenters. The van der Waals surface area contributed by atoms with Gasteiger partial charge >= 0.3 is 0 Å². The summed E-state index contributed by atoms with van der Waals surface area (Å²) in [6.45, 7) is 20.8. The first-order valence-corrected chi connectivity index (χ1v) is 40.2. The Morgan fingerprint density at radius 2 is 0.632 bits per heavy atom. The van der Waals surface area contributed by atoms with E-state index in [4.69, 9.17) is 0 Å². The van der Waals surface area contributed by atoms with Gasteiger partial charge in [-0.1, -0.05) is 299 Å². The van der Waals surface area contributed by atoms with Gasteiger partial charge in [0.25, 0.3) is 6.71 Å². The van der Waals surface area contributed by atoms with Gasteiger partial charge in [-0.25, -0.2) is 0 Å². The molecular formula is C108H88BN5. The molecule has 0 amide bonds. The van der Waals surface area contributed by atoms with Crippen LogP contribution in [0, 0.1) is 0 Å². The van der Waals surface area contributed by atoms with Crippen molar-refractivity contribution in [2.24, 2.45) is 0 Å². The fourth-order valence-corrected chi connectivity index (χ4v) is 18.1. The molecule has 20 rings (SSSR count). The minimum absolute atomic E-state index is 0.107. The molecule has 2 aromatic heterocycles. The maximum Gasteiger partial charge on any atom is 0.252 e. The fraction of sp³-hybridized carbons (Fsp3) is 0.111. The lowest BCUT2D eigenvalue weighted by Crippen LogP contribution is -2.61. The summed E-state index contributed by atoms with van der Waals surface area (Å²) in [5, 5.41) is 4.94. The molecule has 4 heterocycles. The first-order valence-electron chi connectivity index (χ1n) is 40.2. The van der Waals surface area contributed by atoms with Gasteiger partial charge in [-0.15, -0.1) is 0 Å². The van der Waals surface area contributed by atoms with Gasteiger partial charge in [-0.3, -0.25) is 0 Å². The van der Waals surface area contributed by atoms with Crippen LogP contribution in [-0.2, 0) is 16.2 Å². The van der Waals surface area contributed by atoms with Gasteiger partial charge in [0.05, 0.1) is 33.4 Å². The van der Waals surface area contributed by atoms with Crippen LogP contribution in [0.5, 0.6) is 0 Å². The molecule has 0 fully saturated rings. The molecule has 5 nitrogen and oxygen atoms in total. The molecule has 0 unspecified atom stereocenters. The lowest BCUT2D eigenvalue weighted by atomic mass is 9.33. The predicted molar refractivity (Wildman–Crippen MR) is 487 cm³/mol. The van der Waals surface area contributed by atoms with Crippen molar-refractivity contribution >= 4 is 118 Å². The highest BCUT2D eigenvalue weighted by molar-refractivity contribution is 7.00. The number of para-hydroxylation sites is 3. The van der Waals surface area contributed by atoms with Gasteiger partial charge in [0, 0.05) is 83.9 Å². The molecule has 0 aliphatic carbocycles. The number of benzene rings is 16. The molecule has 0 bridgehead atoms. The Hall–Kier alpha value is -13.4. The van der Waals surface area contributed by atoms with Crippen LogP contribution in [0.3, 0.4) is 0 Å². The molecule has 6 heteroatoms. The van der Waals surface area contributed by atoms with Crippen LogP contribution >= 0.6 is 0 Å². The SMILES string of the molecule is CC(C)(C)c1cc(-c2ccccc2)c(N2c3cc(N(c4ccccc4)c4ccc(-n5c6ccccc6c6ccccc65)cc4)ccc3B3c4ccc(-c5ccccc5)cc4N(c4cc(-c5ccccc5)cc(-c5ccccc5)c4)c4cc(-n5c6ccc(C(C)(C)C)cc6c6cc(C(C)(C)C)ccc65)cc2c43)c(-c2ccccc2)c1. The molecule has 2 aliphatic heterocycles. The van der Waals surface area contributed by atoms with E-state index in [9.17, 15) is 0 Å². The van der Waals surface area contributed by atoms with E-state index in [-0.39, 0.29) is 23.0 Å². The summed E-state index contributed by atoms with van der Waals surface area (Å²) in [6.07, 6.45) is 0. The Kier molecular flexibility index (Phi) is 16.7. The molecule has 16 aromatic carbocycles. The zero-order valence-electron chi connectivity index (χ0n) is 66.0. The number of hydrogen-bond acceptors (Lipinski definition) is 3. The fourth-order valence-electron chi connectivity index (χ4n) is 18.1. The van der Waals surface area contributed by atoms with E-state index in [0.717, 1.165) is 129 Å². The van der Waals surface area contributed by atoms with Crippen LogP contribution < -0.4 is 31.1 Å². The Morgan fingerprint density at radius 3 is 1.12 bits per heavy atom. The summed E-state index contributed by atoms with van der Waals surface area (Å²) in [5.41, 5.74) is 34.9. The Balaban J connectivity index is 0.944. The van der Waals surface area contributed by atoms with E-state index in [1.54, 1.807) is 0 Å². The minimum Gasteiger partial charge on any atom is -0.311 e. The summed E-state index contributed by atoms with van der Waals surface area (Å²) in [5.74, 6) is 0. The van der Waals surface area contributed by atoms with Gasteiger partial charge in [0.15, 0.2) is 0 Å². The Morgan fingerprint density at radius 1 is 0.237 bits per heavy atom. The molecule has 0 radical (unpaired) electrons. The minimum atomic E-state index is -0.280. The summed E-state index contributed by atoms with van der Waals surface area (Å²) in [7, 11) is 0. The molecule has 2 aliphatic rings. The largest absolute Gasteiger partial charge is 0.311 e. The average Bonchev–Trinajstić information content (AvgIpc) is 0.815. The average molecular weight is 1470 g/mol. The molecule has 18 aromatic rings. The zero-order chi connectivity index (χ0) is 77.3. The monoisotopic (exact) mass is 1470 g/mol. The van der Waals surface area contributed by atoms with E-state index in [1.165, 1.54) is 65.7 Å². The van der Waals surface area contributed by atoms with Crippen molar-refractivity contribution < 1.29 is 0 Å².